The fourth-order valence-electron chi connectivity index (χ4n) is 1.14. The van der Waals surface area contributed by atoms with Crippen LogP contribution in [0.5, 0.6) is 0 Å². The lowest BCUT2D eigenvalue weighted by atomic mass is 10.1. The smallest absolute Gasteiger partial charge is 0.345 e. The van der Waals surface area contributed by atoms with E-state index in [1.54, 1.807) is 0 Å². The van der Waals surface area contributed by atoms with E-state index in [1.807, 2.05) is 0 Å². The highest BCUT2D eigenvalue weighted by molar-refractivity contribution is 5.73. The van der Waals surface area contributed by atoms with E-state index in [1.165, 1.54) is 6.92 Å². The Hall–Kier alpha value is -2.03. The van der Waals surface area contributed by atoms with E-state index in [9.17, 15) is 22.4 Å². The molecule has 1 rings (SSSR count). The van der Waals surface area contributed by atoms with Gasteiger partial charge in [0.15, 0.2) is 0 Å². The maximum atomic E-state index is 13.1. The first-order valence-electron chi connectivity index (χ1n) is 4.91. The van der Waals surface area contributed by atoms with Crippen molar-refractivity contribution in [2.45, 2.75) is 13.1 Å². The highest BCUT2D eigenvalue weighted by atomic mass is 19.4. The van der Waals surface area contributed by atoms with Crippen LogP contribution in [-0.2, 0) is 11.0 Å². The van der Waals surface area contributed by atoms with Crippen molar-refractivity contribution in [2.24, 2.45) is 0 Å². The molecule has 1 aromatic carbocycles. The summed E-state index contributed by atoms with van der Waals surface area (Å²) in [5, 5.41) is 2.38. The first kappa shape index (κ1) is 14.0. The summed E-state index contributed by atoms with van der Waals surface area (Å²) < 4.78 is 49.9. The number of alkyl halides is 3. The number of carbonyl (C=O) groups is 1. The molecule has 96 valence electrons. The van der Waals surface area contributed by atoms with Gasteiger partial charge in [0.05, 0.1) is 12.1 Å². The van der Waals surface area contributed by atoms with Gasteiger partial charge in [-0.25, -0.2) is 4.39 Å². The second-order valence-electron chi connectivity index (χ2n) is 3.40. The Morgan fingerprint density at radius 2 is 2.06 bits per heavy atom. The lowest BCUT2D eigenvalue weighted by Gasteiger charge is -2.07. The predicted octanol–water partition coefficient (Wildman–Crippen LogP) is 2.33. The zero-order valence-electron chi connectivity index (χ0n) is 9.36. The van der Waals surface area contributed by atoms with Gasteiger partial charge in [-0.1, -0.05) is 11.8 Å². The molecule has 0 heterocycles. The second kappa shape index (κ2) is 5.54. The molecule has 1 aromatic rings. The van der Waals surface area contributed by atoms with Gasteiger partial charge in [-0.2, -0.15) is 13.2 Å². The molecule has 0 bridgehead atoms. The molecule has 1 amide bonds. The third-order valence-electron chi connectivity index (χ3n) is 1.93. The number of rotatable bonds is 1. The second-order valence-corrected chi connectivity index (χ2v) is 3.40. The van der Waals surface area contributed by atoms with Gasteiger partial charge in [-0.15, -0.1) is 0 Å². The van der Waals surface area contributed by atoms with Crippen LogP contribution >= 0.6 is 0 Å². The first-order valence-corrected chi connectivity index (χ1v) is 4.91. The zero-order chi connectivity index (χ0) is 13.8. The number of amides is 1. The van der Waals surface area contributed by atoms with Gasteiger partial charge >= 0.3 is 6.18 Å². The van der Waals surface area contributed by atoms with Gasteiger partial charge < -0.3 is 5.32 Å². The molecule has 0 aliphatic rings. The van der Waals surface area contributed by atoms with Crippen LogP contribution in [-0.4, -0.2) is 12.5 Å². The van der Waals surface area contributed by atoms with E-state index >= 15 is 0 Å². The molecule has 0 saturated carbocycles. The molecule has 2 nitrogen and oxygen atoms in total. The number of nitrogens with one attached hydrogen (secondary N) is 1. The van der Waals surface area contributed by atoms with E-state index < -0.39 is 17.6 Å². The fourth-order valence-corrected chi connectivity index (χ4v) is 1.14. The van der Waals surface area contributed by atoms with E-state index in [4.69, 9.17) is 0 Å². The van der Waals surface area contributed by atoms with Crippen molar-refractivity contribution in [3.05, 3.63) is 35.1 Å². The van der Waals surface area contributed by atoms with Crippen molar-refractivity contribution in [3.63, 3.8) is 0 Å². The maximum absolute atomic E-state index is 13.1. The van der Waals surface area contributed by atoms with Crippen molar-refractivity contribution in [2.75, 3.05) is 6.54 Å². The van der Waals surface area contributed by atoms with Gasteiger partial charge in [0, 0.05) is 12.5 Å². The summed E-state index contributed by atoms with van der Waals surface area (Å²) in [5.74, 6) is 3.29. The van der Waals surface area contributed by atoms with Crippen molar-refractivity contribution < 1.29 is 22.4 Å². The van der Waals surface area contributed by atoms with Crippen molar-refractivity contribution in [3.8, 4) is 11.8 Å². The van der Waals surface area contributed by atoms with Crippen molar-refractivity contribution in [1.29, 1.82) is 0 Å². The number of hydrogen-bond donors (Lipinski definition) is 1. The zero-order valence-corrected chi connectivity index (χ0v) is 9.36. The number of hydrogen-bond acceptors (Lipinski definition) is 1. The Morgan fingerprint density at radius 1 is 1.39 bits per heavy atom. The molecule has 1 N–H and O–H groups in total. The molecule has 0 saturated heterocycles. The normalized spacial score (nSPS) is 10.5. The summed E-state index contributed by atoms with van der Waals surface area (Å²) in [6.45, 7) is 1.36. The van der Waals surface area contributed by atoms with Gasteiger partial charge in [0.25, 0.3) is 0 Å². The lowest BCUT2D eigenvalue weighted by molar-refractivity contribution is -0.140. The van der Waals surface area contributed by atoms with E-state index in [-0.39, 0.29) is 18.0 Å². The standard InChI is InChI=1S/C12H9F4NO/c1-8(18)17-6-2-3-9-4-5-10(11(13)7-9)12(14,15)16/h4-5,7H,6H2,1H3,(H,17,18). The van der Waals surface area contributed by atoms with Crippen molar-refractivity contribution in [1.82, 2.24) is 5.32 Å². The van der Waals surface area contributed by atoms with Gasteiger partial charge in [-0.3, -0.25) is 4.79 Å². The fraction of sp³-hybridized carbons (Fsp3) is 0.250. The largest absolute Gasteiger partial charge is 0.419 e. The van der Waals surface area contributed by atoms with Crippen LogP contribution in [0.4, 0.5) is 17.6 Å². The van der Waals surface area contributed by atoms with Crippen LogP contribution in [0.15, 0.2) is 18.2 Å². The number of carbonyl (C=O) groups excluding carboxylic acids is 1. The van der Waals surface area contributed by atoms with Gasteiger partial charge in [-0.05, 0) is 18.2 Å². The molecule has 0 aromatic heterocycles. The van der Waals surface area contributed by atoms with Crippen molar-refractivity contribution >= 4 is 5.91 Å². The van der Waals surface area contributed by atoms with Crippen LogP contribution in [0.2, 0.25) is 0 Å². The minimum absolute atomic E-state index is 0.0535. The summed E-state index contributed by atoms with van der Waals surface area (Å²) in [6, 6.07) is 2.42. The Morgan fingerprint density at radius 3 is 2.56 bits per heavy atom. The quantitative estimate of drug-likeness (QED) is 0.608. The third-order valence-corrected chi connectivity index (χ3v) is 1.93. The minimum atomic E-state index is -4.72. The topological polar surface area (TPSA) is 29.1 Å². The first-order chi connectivity index (χ1) is 8.30. The Labute approximate surface area is 101 Å². The molecule has 0 fully saturated rings. The summed E-state index contributed by atoms with van der Waals surface area (Å²) in [5.41, 5.74) is -1.21. The summed E-state index contributed by atoms with van der Waals surface area (Å²) in [6.07, 6.45) is -4.72. The highest BCUT2D eigenvalue weighted by Crippen LogP contribution is 2.31. The molecular formula is C12H9F4NO. The van der Waals surface area contributed by atoms with Crippen LogP contribution in [0, 0.1) is 17.7 Å². The Kier molecular flexibility index (Phi) is 4.32. The van der Waals surface area contributed by atoms with E-state index in [2.05, 4.69) is 17.2 Å². The Bertz CT molecular complexity index is 511. The Balaban J connectivity index is 2.82. The maximum Gasteiger partial charge on any atom is 0.419 e. The molecule has 0 radical (unpaired) electrons. The monoisotopic (exact) mass is 259 g/mol. The van der Waals surface area contributed by atoms with Gasteiger partial charge in [0.2, 0.25) is 5.91 Å². The van der Waals surface area contributed by atoms with Crippen LogP contribution in [0.3, 0.4) is 0 Å². The van der Waals surface area contributed by atoms with Crippen LogP contribution in [0.25, 0.3) is 0 Å². The molecule has 0 spiro atoms. The minimum Gasteiger partial charge on any atom is -0.345 e. The predicted molar refractivity (Wildman–Crippen MR) is 57.0 cm³/mol. The summed E-state index contributed by atoms with van der Waals surface area (Å²) >= 11 is 0. The lowest BCUT2D eigenvalue weighted by Crippen LogP contribution is -2.19. The number of benzene rings is 1. The van der Waals surface area contributed by atoms with E-state index in [0.29, 0.717) is 12.1 Å². The molecule has 6 heteroatoms. The highest BCUT2D eigenvalue weighted by Gasteiger charge is 2.33. The van der Waals surface area contributed by atoms with Crippen LogP contribution < -0.4 is 5.32 Å². The van der Waals surface area contributed by atoms with E-state index in [0.717, 1.165) is 6.07 Å². The summed E-state index contributed by atoms with van der Waals surface area (Å²) in [7, 11) is 0. The molecule has 0 unspecified atom stereocenters. The van der Waals surface area contributed by atoms with Crippen LogP contribution in [0.1, 0.15) is 18.1 Å². The molecule has 0 aliphatic carbocycles. The average Bonchev–Trinajstić information content (AvgIpc) is 2.22. The summed E-state index contributed by atoms with van der Waals surface area (Å²) in [4.78, 5) is 10.5. The molecule has 0 atom stereocenters. The molecule has 18 heavy (non-hydrogen) atoms. The van der Waals surface area contributed by atoms with Gasteiger partial charge in [0.1, 0.15) is 5.82 Å². The molecule has 0 aliphatic heterocycles. The average molecular weight is 259 g/mol. The third kappa shape index (κ3) is 4.09. The molecular weight excluding hydrogens is 250 g/mol. The number of halogens is 4. The SMILES string of the molecule is CC(=O)NCC#Cc1ccc(C(F)(F)F)c(F)c1.